The van der Waals surface area contributed by atoms with E-state index >= 15 is 0 Å². The SMILES string of the molecule is CNC(=O)c1cccc(C(=O)N[C@@H](CCCCCC(=O)NOCc2ccccc2)c2nc3c(ccc4ccccc43)[nH]2)c1. The van der Waals surface area contributed by atoms with Gasteiger partial charge < -0.3 is 15.6 Å². The topological polar surface area (TPSA) is 125 Å². The second kappa shape index (κ2) is 14.2. The molecule has 5 aromatic rings. The molecule has 0 aliphatic rings. The van der Waals surface area contributed by atoms with Gasteiger partial charge in [0.2, 0.25) is 5.91 Å². The molecule has 4 N–H and O–H groups in total. The van der Waals surface area contributed by atoms with E-state index in [1.165, 1.54) is 0 Å². The van der Waals surface area contributed by atoms with E-state index in [0.717, 1.165) is 40.2 Å². The molecule has 5 rings (SSSR count). The summed E-state index contributed by atoms with van der Waals surface area (Å²) in [6.07, 6.45) is 3.19. The lowest BCUT2D eigenvalue weighted by Gasteiger charge is -2.17. The number of aromatic amines is 1. The lowest BCUT2D eigenvalue weighted by atomic mass is 10.0. The number of benzene rings is 4. The van der Waals surface area contributed by atoms with Crippen molar-refractivity contribution >= 4 is 39.5 Å². The highest BCUT2D eigenvalue weighted by molar-refractivity contribution is 6.04. The molecule has 0 saturated heterocycles. The average molecular weight is 578 g/mol. The normalized spacial score (nSPS) is 11.7. The molecule has 0 spiro atoms. The van der Waals surface area contributed by atoms with Crippen LogP contribution in [0.25, 0.3) is 21.8 Å². The number of H-pyrrole nitrogens is 1. The zero-order valence-corrected chi connectivity index (χ0v) is 24.1. The third-order valence-corrected chi connectivity index (χ3v) is 7.31. The Kier molecular flexibility index (Phi) is 9.76. The number of nitrogens with zero attached hydrogens (tertiary/aromatic N) is 1. The van der Waals surface area contributed by atoms with E-state index in [9.17, 15) is 14.4 Å². The van der Waals surface area contributed by atoms with Crippen molar-refractivity contribution in [2.75, 3.05) is 7.05 Å². The summed E-state index contributed by atoms with van der Waals surface area (Å²) in [6, 6.07) is 28.0. The predicted molar refractivity (Wildman–Crippen MR) is 166 cm³/mol. The molecule has 1 aromatic heterocycles. The van der Waals surface area contributed by atoms with Gasteiger partial charge in [0.25, 0.3) is 11.8 Å². The van der Waals surface area contributed by atoms with E-state index in [1.54, 1.807) is 31.3 Å². The van der Waals surface area contributed by atoms with Crippen molar-refractivity contribution < 1.29 is 19.2 Å². The number of hydrogen-bond acceptors (Lipinski definition) is 5. The maximum absolute atomic E-state index is 13.3. The summed E-state index contributed by atoms with van der Waals surface area (Å²) in [5, 5.41) is 7.83. The Balaban J connectivity index is 1.23. The van der Waals surface area contributed by atoms with Crippen LogP contribution in [0.15, 0.2) is 91.0 Å². The molecule has 4 aromatic carbocycles. The number of carbonyl (C=O) groups excluding carboxylic acids is 3. The highest BCUT2D eigenvalue weighted by Gasteiger charge is 2.21. The van der Waals surface area contributed by atoms with Crippen LogP contribution >= 0.6 is 0 Å². The van der Waals surface area contributed by atoms with Gasteiger partial charge >= 0.3 is 0 Å². The van der Waals surface area contributed by atoms with Gasteiger partial charge in [-0.2, -0.15) is 0 Å². The van der Waals surface area contributed by atoms with Crippen LogP contribution in [-0.4, -0.2) is 34.7 Å². The second-order valence-corrected chi connectivity index (χ2v) is 10.4. The predicted octanol–water partition coefficient (Wildman–Crippen LogP) is 5.75. The van der Waals surface area contributed by atoms with Crippen LogP contribution in [0.1, 0.15) is 70.2 Å². The van der Waals surface area contributed by atoms with E-state index in [4.69, 9.17) is 9.82 Å². The van der Waals surface area contributed by atoms with Crippen molar-refractivity contribution in [2.24, 2.45) is 0 Å². The second-order valence-electron chi connectivity index (χ2n) is 10.4. The van der Waals surface area contributed by atoms with Crippen LogP contribution in [0.5, 0.6) is 0 Å². The number of fused-ring (bicyclic) bond motifs is 3. The molecule has 43 heavy (non-hydrogen) atoms. The first kappa shape index (κ1) is 29.5. The van der Waals surface area contributed by atoms with Crippen molar-refractivity contribution in [2.45, 2.75) is 44.8 Å². The summed E-state index contributed by atoms with van der Waals surface area (Å²) in [6.45, 7) is 0.312. The van der Waals surface area contributed by atoms with E-state index in [0.29, 0.717) is 42.8 Å². The van der Waals surface area contributed by atoms with E-state index < -0.39 is 6.04 Å². The van der Waals surface area contributed by atoms with Crippen LogP contribution in [0.4, 0.5) is 0 Å². The number of amides is 3. The van der Waals surface area contributed by atoms with Gasteiger partial charge in [-0.1, -0.05) is 79.6 Å². The molecule has 220 valence electrons. The lowest BCUT2D eigenvalue weighted by molar-refractivity contribution is -0.134. The van der Waals surface area contributed by atoms with E-state index in [-0.39, 0.29) is 17.7 Å². The number of nitrogens with one attached hydrogen (secondary N) is 4. The van der Waals surface area contributed by atoms with Gasteiger partial charge in [-0.15, -0.1) is 0 Å². The van der Waals surface area contributed by atoms with Crippen molar-refractivity contribution in [1.29, 1.82) is 0 Å². The third-order valence-electron chi connectivity index (χ3n) is 7.31. The van der Waals surface area contributed by atoms with Crippen molar-refractivity contribution in [3.63, 3.8) is 0 Å². The van der Waals surface area contributed by atoms with Crippen LogP contribution in [0, 0.1) is 0 Å². The summed E-state index contributed by atoms with van der Waals surface area (Å²) in [5.74, 6) is -0.0592. The van der Waals surface area contributed by atoms with E-state index in [2.05, 4.69) is 21.1 Å². The molecule has 3 amide bonds. The zero-order valence-electron chi connectivity index (χ0n) is 24.1. The van der Waals surface area contributed by atoms with Crippen molar-refractivity contribution in [3.05, 3.63) is 114 Å². The molecule has 0 aliphatic carbocycles. The molecular formula is C34H35N5O4. The standard InChI is InChI=1S/C34H35N5O4/c1-35-33(41)25-14-10-15-26(21-25)34(42)37-29(32-36-28-20-19-24-13-8-9-16-27(24)31(28)38-32)17-6-3-7-18-30(40)39-43-22-23-11-4-2-5-12-23/h2,4-5,8-16,19-21,29H,3,6-7,17-18,22H2,1H3,(H,35,41)(H,36,38)(H,37,42)(H,39,40)/t29-/m0/s1. The Morgan fingerprint density at radius 1 is 0.837 bits per heavy atom. The van der Waals surface area contributed by atoms with Gasteiger partial charge in [0.1, 0.15) is 5.82 Å². The van der Waals surface area contributed by atoms with Gasteiger partial charge in [-0.25, -0.2) is 10.5 Å². The summed E-state index contributed by atoms with van der Waals surface area (Å²) >= 11 is 0. The quantitative estimate of drug-likeness (QED) is 0.105. The lowest BCUT2D eigenvalue weighted by Crippen LogP contribution is -2.29. The third kappa shape index (κ3) is 7.64. The maximum Gasteiger partial charge on any atom is 0.251 e. The molecule has 0 bridgehead atoms. The van der Waals surface area contributed by atoms with Crippen LogP contribution in [-0.2, 0) is 16.2 Å². The van der Waals surface area contributed by atoms with Crippen LogP contribution < -0.4 is 16.1 Å². The van der Waals surface area contributed by atoms with Gasteiger partial charge in [0, 0.05) is 30.0 Å². The Hall–Kier alpha value is -5.02. The smallest absolute Gasteiger partial charge is 0.251 e. The number of unbranched alkanes of at least 4 members (excludes halogenated alkanes) is 2. The van der Waals surface area contributed by atoms with Crippen LogP contribution in [0.2, 0.25) is 0 Å². The van der Waals surface area contributed by atoms with Crippen molar-refractivity contribution in [3.8, 4) is 0 Å². The first-order chi connectivity index (χ1) is 21.0. The summed E-state index contributed by atoms with van der Waals surface area (Å²) in [4.78, 5) is 51.3. The average Bonchev–Trinajstić information content (AvgIpc) is 3.49. The fraction of sp³-hybridized carbons (Fsp3) is 0.235. The van der Waals surface area contributed by atoms with E-state index in [1.807, 2.05) is 66.7 Å². The number of carbonyl (C=O) groups is 3. The monoisotopic (exact) mass is 577 g/mol. The fourth-order valence-corrected chi connectivity index (χ4v) is 5.03. The molecule has 0 fully saturated rings. The van der Waals surface area contributed by atoms with Gasteiger partial charge in [0.15, 0.2) is 0 Å². The number of rotatable bonds is 13. The zero-order chi connectivity index (χ0) is 30.0. The molecule has 9 heteroatoms. The molecule has 1 atom stereocenters. The maximum atomic E-state index is 13.3. The molecule has 0 radical (unpaired) electrons. The Morgan fingerprint density at radius 3 is 2.42 bits per heavy atom. The number of hydroxylamine groups is 1. The molecule has 0 unspecified atom stereocenters. The largest absolute Gasteiger partial charge is 0.355 e. The highest BCUT2D eigenvalue weighted by Crippen LogP contribution is 2.27. The Bertz CT molecular complexity index is 1720. The Morgan fingerprint density at radius 2 is 1.60 bits per heavy atom. The van der Waals surface area contributed by atoms with Crippen LogP contribution in [0.3, 0.4) is 0 Å². The molecule has 0 saturated carbocycles. The number of imidazole rings is 1. The van der Waals surface area contributed by atoms with Gasteiger partial charge in [0.05, 0.1) is 23.7 Å². The Labute approximate surface area is 250 Å². The first-order valence-electron chi connectivity index (χ1n) is 14.5. The molecule has 1 heterocycles. The number of aromatic nitrogens is 2. The minimum absolute atomic E-state index is 0.166. The number of hydrogen-bond donors (Lipinski definition) is 4. The fourth-order valence-electron chi connectivity index (χ4n) is 5.03. The highest BCUT2D eigenvalue weighted by atomic mass is 16.6. The summed E-state index contributed by atoms with van der Waals surface area (Å²) in [7, 11) is 1.55. The first-order valence-corrected chi connectivity index (χ1v) is 14.5. The minimum atomic E-state index is -0.398. The van der Waals surface area contributed by atoms with Crippen molar-refractivity contribution in [1.82, 2.24) is 26.1 Å². The summed E-state index contributed by atoms with van der Waals surface area (Å²) in [5.41, 5.74) is 6.03. The minimum Gasteiger partial charge on any atom is -0.355 e. The molecule has 9 nitrogen and oxygen atoms in total. The van der Waals surface area contributed by atoms with Gasteiger partial charge in [-0.3, -0.25) is 19.2 Å². The molecule has 0 aliphatic heterocycles. The van der Waals surface area contributed by atoms with Gasteiger partial charge in [-0.05, 0) is 48.1 Å². The summed E-state index contributed by atoms with van der Waals surface area (Å²) < 4.78 is 0. The molecular weight excluding hydrogens is 542 g/mol.